The Balaban J connectivity index is 2.48. The fourth-order valence-corrected chi connectivity index (χ4v) is 1.76. The summed E-state index contributed by atoms with van der Waals surface area (Å²) in [4.78, 5) is 38.9. The van der Waals surface area contributed by atoms with Crippen LogP contribution < -0.4 is 4.90 Å². The van der Waals surface area contributed by atoms with Crippen LogP contribution in [0.1, 0.15) is 29.8 Å². The molecule has 0 radical (unpaired) electrons. The van der Waals surface area contributed by atoms with Crippen molar-refractivity contribution in [1.82, 2.24) is 4.98 Å². The van der Waals surface area contributed by atoms with Gasteiger partial charge >= 0.3 is 5.97 Å². The highest BCUT2D eigenvalue weighted by Crippen LogP contribution is 2.24. The topological polar surface area (TPSA) is 87.6 Å². The zero-order valence-electron chi connectivity index (χ0n) is 8.92. The summed E-state index contributed by atoms with van der Waals surface area (Å²) in [7, 11) is 0. The van der Waals surface area contributed by atoms with E-state index >= 15 is 0 Å². The van der Waals surface area contributed by atoms with Crippen molar-refractivity contribution in [2.75, 3.05) is 4.90 Å². The first-order chi connectivity index (χ1) is 8.11. The van der Waals surface area contributed by atoms with Gasteiger partial charge in [0.2, 0.25) is 11.8 Å². The van der Waals surface area contributed by atoms with Crippen molar-refractivity contribution < 1.29 is 19.5 Å². The highest BCUT2D eigenvalue weighted by atomic mass is 16.4. The highest BCUT2D eigenvalue weighted by molar-refractivity contribution is 6.18. The molecule has 2 heterocycles. The van der Waals surface area contributed by atoms with Gasteiger partial charge in [-0.05, 0) is 18.6 Å². The molecule has 0 aliphatic carbocycles. The number of carbonyl (C=O) groups is 3. The second-order valence-corrected chi connectivity index (χ2v) is 3.65. The maximum atomic E-state index is 11.7. The van der Waals surface area contributed by atoms with Gasteiger partial charge in [-0.3, -0.25) is 9.59 Å². The Labute approximate surface area is 96.9 Å². The maximum absolute atomic E-state index is 11.7. The minimum Gasteiger partial charge on any atom is -0.476 e. The van der Waals surface area contributed by atoms with Crippen molar-refractivity contribution in [2.24, 2.45) is 0 Å². The molecule has 0 atom stereocenters. The molecule has 0 aromatic carbocycles. The average Bonchev–Trinajstić information content (AvgIpc) is 2.29. The van der Waals surface area contributed by atoms with Gasteiger partial charge in [0.05, 0.1) is 5.69 Å². The summed E-state index contributed by atoms with van der Waals surface area (Å²) in [5.41, 5.74) is -0.231. The number of piperidine rings is 1. The van der Waals surface area contributed by atoms with E-state index in [1.807, 2.05) is 0 Å². The lowest BCUT2D eigenvalue weighted by Gasteiger charge is -2.25. The Kier molecular flexibility index (Phi) is 2.86. The van der Waals surface area contributed by atoms with E-state index in [0.717, 1.165) is 4.90 Å². The van der Waals surface area contributed by atoms with Crippen LogP contribution in [0.5, 0.6) is 0 Å². The third kappa shape index (κ3) is 2.01. The minimum absolute atomic E-state index is 0.0506. The van der Waals surface area contributed by atoms with E-state index in [9.17, 15) is 14.4 Å². The van der Waals surface area contributed by atoms with Crippen molar-refractivity contribution in [3.05, 3.63) is 24.0 Å². The van der Waals surface area contributed by atoms with Gasteiger partial charge in [0.1, 0.15) is 0 Å². The Morgan fingerprint density at radius 2 is 1.94 bits per heavy atom. The number of amides is 2. The standard InChI is InChI=1S/C11H10N2O4/c14-8-4-1-5-9(15)13(8)7-3-2-6-12-10(7)11(16)17/h2-3,6H,1,4-5H2,(H,16,17). The lowest BCUT2D eigenvalue weighted by atomic mass is 10.1. The summed E-state index contributed by atoms with van der Waals surface area (Å²) < 4.78 is 0. The van der Waals surface area contributed by atoms with Gasteiger partial charge in [0.15, 0.2) is 5.69 Å². The molecule has 88 valence electrons. The lowest BCUT2D eigenvalue weighted by Crippen LogP contribution is -2.41. The maximum Gasteiger partial charge on any atom is 0.356 e. The molecule has 17 heavy (non-hydrogen) atoms. The van der Waals surface area contributed by atoms with Crippen LogP contribution in [0, 0.1) is 0 Å². The van der Waals surface area contributed by atoms with Crippen LogP contribution in [-0.4, -0.2) is 27.9 Å². The predicted molar refractivity (Wildman–Crippen MR) is 57.5 cm³/mol. The fourth-order valence-electron chi connectivity index (χ4n) is 1.76. The number of hydrogen-bond acceptors (Lipinski definition) is 4. The third-order valence-electron chi connectivity index (χ3n) is 2.51. The molecule has 1 aromatic heterocycles. The molecule has 0 unspecified atom stereocenters. The van der Waals surface area contributed by atoms with Gasteiger partial charge in [0.25, 0.3) is 0 Å². The Hall–Kier alpha value is -2.24. The Bertz CT molecular complexity index is 482. The fraction of sp³-hybridized carbons (Fsp3) is 0.273. The summed E-state index contributed by atoms with van der Waals surface area (Å²) in [6.45, 7) is 0. The van der Waals surface area contributed by atoms with Gasteiger partial charge in [0, 0.05) is 19.0 Å². The Morgan fingerprint density at radius 3 is 2.53 bits per heavy atom. The van der Waals surface area contributed by atoms with Crippen LogP contribution in [0.25, 0.3) is 0 Å². The second kappa shape index (κ2) is 4.32. The Morgan fingerprint density at radius 1 is 1.29 bits per heavy atom. The monoisotopic (exact) mass is 234 g/mol. The number of carboxylic acid groups (broad SMARTS) is 1. The van der Waals surface area contributed by atoms with Gasteiger partial charge in [-0.2, -0.15) is 0 Å². The number of rotatable bonds is 2. The third-order valence-corrected chi connectivity index (χ3v) is 2.51. The molecule has 1 aliphatic rings. The van der Waals surface area contributed by atoms with Crippen molar-refractivity contribution in [3.8, 4) is 0 Å². The molecule has 1 aromatic rings. The molecule has 2 rings (SSSR count). The quantitative estimate of drug-likeness (QED) is 0.765. The van der Waals surface area contributed by atoms with Crippen molar-refractivity contribution in [2.45, 2.75) is 19.3 Å². The molecule has 6 nitrogen and oxygen atoms in total. The van der Waals surface area contributed by atoms with Crippen LogP contribution in [0.15, 0.2) is 18.3 Å². The first-order valence-corrected chi connectivity index (χ1v) is 5.15. The number of carbonyl (C=O) groups excluding carboxylic acids is 2. The number of aromatic nitrogens is 1. The molecule has 0 spiro atoms. The van der Waals surface area contributed by atoms with E-state index in [1.54, 1.807) is 0 Å². The van der Waals surface area contributed by atoms with E-state index in [4.69, 9.17) is 5.11 Å². The average molecular weight is 234 g/mol. The zero-order chi connectivity index (χ0) is 12.4. The van der Waals surface area contributed by atoms with Gasteiger partial charge in [-0.15, -0.1) is 0 Å². The zero-order valence-corrected chi connectivity index (χ0v) is 8.92. The number of carboxylic acids is 1. The van der Waals surface area contributed by atoms with E-state index in [2.05, 4.69) is 4.98 Å². The predicted octanol–water partition coefficient (Wildman–Crippen LogP) is 0.823. The van der Waals surface area contributed by atoms with Crippen LogP contribution >= 0.6 is 0 Å². The number of anilines is 1. The number of hydrogen-bond donors (Lipinski definition) is 1. The second-order valence-electron chi connectivity index (χ2n) is 3.65. The lowest BCUT2D eigenvalue weighted by molar-refractivity contribution is -0.129. The van der Waals surface area contributed by atoms with Gasteiger partial charge in [-0.25, -0.2) is 14.7 Å². The van der Waals surface area contributed by atoms with Gasteiger partial charge < -0.3 is 5.11 Å². The van der Waals surface area contributed by atoms with Crippen LogP contribution in [0.3, 0.4) is 0 Å². The molecule has 0 bridgehead atoms. The van der Waals surface area contributed by atoms with E-state index in [1.165, 1.54) is 18.3 Å². The normalized spacial score (nSPS) is 16.1. The first kappa shape index (κ1) is 11.3. The summed E-state index contributed by atoms with van der Waals surface area (Å²) in [5, 5.41) is 8.96. The molecule has 1 saturated heterocycles. The van der Waals surface area contributed by atoms with E-state index in [-0.39, 0.29) is 36.0 Å². The van der Waals surface area contributed by atoms with Crippen molar-refractivity contribution in [3.63, 3.8) is 0 Å². The summed E-state index contributed by atoms with van der Waals surface area (Å²) in [5.74, 6) is -2.01. The number of imide groups is 1. The minimum atomic E-state index is -1.26. The molecule has 6 heteroatoms. The summed E-state index contributed by atoms with van der Waals surface area (Å²) in [6, 6.07) is 2.91. The molecule has 1 aliphatic heterocycles. The number of pyridine rings is 1. The van der Waals surface area contributed by atoms with Crippen LogP contribution in [-0.2, 0) is 9.59 Å². The summed E-state index contributed by atoms with van der Waals surface area (Å²) >= 11 is 0. The van der Waals surface area contributed by atoms with Crippen LogP contribution in [0.2, 0.25) is 0 Å². The molecular weight excluding hydrogens is 224 g/mol. The van der Waals surface area contributed by atoms with Gasteiger partial charge in [-0.1, -0.05) is 0 Å². The highest BCUT2D eigenvalue weighted by Gasteiger charge is 2.30. The molecule has 0 saturated carbocycles. The number of nitrogens with zero attached hydrogens (tertiary/aromatic N) is 2. The first-order valence-electron chi connectivity index (χ1n) is 5.15. The SMILES string of the molecule is O=C(O)c1ncccc1N1C(=O)CCCC1=O. The van der Waals surface area contributed by atoms with E-state index < -0.39 is 5.97 Å². The molecule has 1 N–H and O–H groups in total. The largest absolute Gasteiger partial charge is 0.476 e. The van der Waals surface area contributed by atoms with Crippen LogP contribution in [0.4, 0.5) is 5.69 Å². The number of aromatic carboxylic acids is 1. The molecular formula is C11H10N2O4. The molecule has 2 amide bonds. The summed E-state index contributed by atoms with van der Waals surface area (Å²) in [6.07, 6.45) is 2.32. The van der Waals surface area contributed by atoms with Crippen molar-refractivity contribution >= 4 is 23.5 Å². The molecule has 1 fully saturated rings. The smallest absolute Gasteiger partial charge is 0.356 e. The van der Waals surface area contributed by atoms with Crippen molar-refractivity contribution in [1.29, 1.82) is 0 Å². The van der Waals surface area contributed by atoms with E-state index in [0.29, 0.717) is 6.42 Å².